The molecular formula is C13H21N4O4+. The van der Waals surface area contributed by atoms with E-state index in [1.807, 2.05) is 0 Å². The standard InChI is InChI=1S/C13H20N4O4/c1-3-20-13(19)17-6-4-16(5-7-17)9-12(18)14-11-8-10(2)21-15-11/h8H,3-7,9H2,1-2H3,(H,14,15,18)/p+1. The highest BCUT2D eigenvalue weighted by molar-refractivity contribution is 5.90. The second kappa shape index (κ2) is 7.07. The molecule has 0 saturated carbocycles. The topological polar surface area (TPSA) is 89.1 Å². The summed E-state index contributed by atoms with van der Waals surface area (Å²) >= 11 is 0. The number of hydrogen-bond donors (Lipinski definition) is 2. The number of ether oxygens (including phenoxy) is 1. The van der Waals surface area contributed by atoms with Gasteiger partial charge in [-0.25, -0.2) is 4.79 Å². The maximum atomic E-state index is 11.9. The SMILES string of the molecule is CCOC(=O)N1CC[NH+](CC(=O)Nc2cc(C)on2)CC1. The fourth-order valence-corrected chi connectivity index (χ4v) is 2.24. The van der Waals surface area contributed by atoms with Crippen LogP contribution >= 0.6 is 0 Å². The predicted octanol–water partition coefficient (Wildman–Crippen LogP) is -0.721. The van der Waals surface area contributed by atoms with Crippen molar-refractivity contribution in [2.24, 2.45) is 0 Å². The van der Waals surface area contributed by atoms with Crippen LogP contribution in [-0.2, 0) is 9.53 Å². The van der Waals surface area contributed by atoms with Crippen LogP contribution in [0.4, 0.5) is 10.6 Å². The number of aromatic nitrogens is 1. The molecule has 1 aliphatic heterocycles. The van der Waals surface area contributed by atoms with Crippen LogP contribution in [0.15, 0.2) is 10.6 Å². The highest BCUT2D eigenvalue weighted by Gasteiger charge is 2.26. The van der Waals surface area contributed by atoms with E-state index in [1.54, 1.807) is 24.8 Å². The van der Waals surface area contributed by atoms with Gasteiger partial charge in [-0.2, -0.15) is 0 Å². The van der Waals surface area contributed by atoms with Crippen molar-refractivity contribution >= 4 is 17.8 Å². The Hall–Kier alpha value is -2.09. The van der Waals surface area contributed by atoms with E-state index in [-0.39, 0.29) is 12.0 Å². The summed E-state index contributed by atoms with van der Waals surface area (Å²) in [6.07, 6.45) is -0.279. The number of nitrogens with one attached hydrogen (secondary N) is 2. The summed E-state index contributed by atoms with van der Waals surface area (Å²) < 4.78 is 9.85. The number of amides is 2. The van der Waals surface area contributed by atoms with Gasteiger partial charge in [0, 0.05) is 6.07 Å². The van der Waals surface area contributed by atoms with E-state index >= 15 is 0 Å². The van der Waals surface area contributed by atoms with Gasteiger partial charge in [0.1, 0.15) is 5.76 Å². The first-order valence-corrected chi connectivity index (χ1v) is 7.07. The van der Waals surface area contributed by atoms with Gasteiger partial charge in [-0.1, -0.05) is 5.16 Å². The van der Waals surface area contributed by atoms with Gasteiger partial charge in [0.2, 0.25) is 0 Å². The number of aryl methyl sites for hydroxylation is 1. The van der Waals surface area contributed by atoms with E-state index in [2.05, 4.69) is 10.5 Å². The van der Waals surface area contributed by atoms with Gasteiger partial charge < -0.3 is 19.5 Å². The van der Waals surface area contributed by atoms with Gasteiger partial charge >= 0.3 is 6.09 Å². The number of piperazine rings is 1. The lowest BCUT2D eigenvalue weighted by atomic mass is 10.3. The number of nitrogens with zero attached hydrogens (tertiary/aromatic N) is 2. The Balaban J connectivity index is 1.73. The Bertz CT molecular complexity index is 494. The maximum absolute atomic E-state index is 11.9. The molecule has 0 aliphatic carbocycles. The summed E-state index contributed by atoms with van der Waals surface area (Å²) in [6, 6.07) is 1.67. The average molecular weight is 297 g/mol. The molecule has 21 heavy (non-hydrogen) atoms. The van der Waals surface area contributed by atoms with Crippen molar-refractivity contribution < 1.29 is 23.7 Å². The molecule has 116 valence electrons. The molecule has 8 nitrogen and oxygen atoms in total. The Morgan fingerprint density at radius 2 is 2.19 bits per heavy atom. The lowest BCUT2D eigenvalue weighted by molar-refractivity contribution is -0.895. The van der Waals surface area contributed by atoms with E-state index < -0.39 is 0 Å². The summed E-state index contributed by atoms with van der Waals surface area (Å²) in [5, 5.41) is 6.41. The van der Waals surface area contributed by atoms with Gasteiger partial charge in [0.25, 0.3) is 5.91 Å². The third-order valence-corrected chi connectivity index (χ3v) is 3.30. The van der Waals surface area contributed by atoms with Gasteiger partial charge in [-0.3, -0.25) is 9.69 Å². The lowest BCUT2D eigenvalue weighted by Gasteiger charge is -2.31. The third kappa shape index (κ3) is 4.45. The van der Waals surface area contributed by atoms with Crippen LogP contribution in [0.2, 0.25) is 0 Å². The minimum Gasteiger partial charge on any atom is -0.450 e. The minimum absolute atomic E-state index is 0.108. The molecule has 1 fully saturated rings. The number of anilines is 1. The molecule has 1 aromatic rings. The number of hydrogen-bond acceptors (Lipinski definition) is 5. The summed E-state index contributed by atoms with van der Waals surface area (Å²) in [4.78, 5) is 26.3. The lowest BCUT2D eigenvalue weighted by Crippen LogP contribution is -3.15. The van der Waals surface area contributed by atoms with Crippen molar-refractivity contribution in [2.75, 3.05) is 44.6 Å². The molecule has 1 aromatic heterocycles. The predicted molar refractivity (Wildman–Crippen MR) is 74.0 cm³/mol. The molecule has 1 aliphatic rings. The smallest absolute Gasteiger partial charge is 0.410 e. The molecule has 0 aromatic carbocycles. The fourth-order valence-electron chi connectivity index (χ4n) is 2.24. The monoisotopic (exact) mass is 297 g/mol. The highest BCUT2D eigenvalue weighted by atomic mass is 16.6. The zero-order valence-corrected chi connectivity index (χ0v) is 12.3. The van der Waals surface area contributed by atoms with E-state index in [1.165, 1.54) is 0 Å². The summed E-state index contributed by atoms with van der Waals surface area (Å²) in [7, 11) is 0. The molecule has 0 radical (unpaired) electrons. The van der Waals surface area contributed by atoms with Crippen molar-refractivity contribution in [3.63, 3.8) is 0 Å². The van der Waals surface area contributed by atoms with Crippen LogP contribution in [0.5, 0.6) is 0 Å². The minimum atomic E-state index is -0.279. The molecule has 8 heteroatoms. The molecular weight excluding hydrogens is 276 g/mol. The molecule has 2 rings (SSSR count). The second-order valence-electron chi connectivity index (χ2n) is 4.98. The van der Waals surface area contributed by atoms with Crippen LogP contribution in [-0.4, -0.2) is 61.4 Å². The first-order chi connectivity index (χ1) is 10.1. The highest BCUT2D eigenvalue weighted by Crippen LogP contribution is 2.06. The van der Waals surface area contributed by atoms with Crippen LogP contribution < -0.4 is 10.2 Å². The summed E-state index contributed by atoms with van der Waals surface area (Å²) in [6.45, 7) is 6.94. The average Bonchev–Trinajstić information content (AvgIpc) is 2.85. The van der Waals surface area contributed by atoms with Gasteiger partial charge in [0.05, 0.1) is 32.8 Å². The molecule has 0 bridgehead atoms. The summed E-state index contributed by atoms with van der Waals surface area (Å²) in [5.74, 6) is 0.977. The molecule has 2 amide bonds. The van der Waals surface area contributed by atoms with Crippen molar-refractivity contribution in [1.82, 2.24) is 10.1 Å². The second-order valence-corrected chi connectivity index (χ2v) is 4.98. The Kier molecular flexibility index (Phi) is 5.15. The van der Waals surface area contributed by atoms with E-state index in [4.69, 9.17) is 9.26 Å². The molecule has 2 N–H and O–H groups in total. The number of rotatable bonds is 4. The van der Waals surface area contributed by atoms with Crippen LogP contribution in [0.1, 0.15) is 12.7 Å². The molecule has 0 unspecified atom stereocenters. The largest absolute Gasteiger partial charge is 0.450 e. The van der Waals surface area contributed by atoms with E-state index in [0.29, 0.717) is 37.8 Å². The van der Waals surface area contributed by atoms with E-state index in [9.17, 15) is 9.59 Å². The number of carbonyl (C=O) groups excluding carboxylic acids is 2. The van der Waals surface area contributed by atoms with Crippen molar-refractivity contribution in [2.45, 2.75) is 13.8 Å². The van der Waals surface area contributed by atoms with Crippen LogP contribution in [0, 0.1) is 6.92 Å². The number of carbonyl (C=O) groups is 2. The molecule has 2 heterocycles. The molecule has 0 atom stereocenters. The first-order valence-electron chi connectivity index (χ1n) is 7.07. The molecule has 1 saturated heterocycles. The van der Waals surface area contributed by atoms with Crippen molar-refractivity contribution in [1.29, 1.82) is 0 Å². The zero-order chi connectivity index (χ0) is 15.2. The van der Waals surface area contributed by atoms with Gasteiger partial charge in [-0.15, -0.1) is 0 Å². The third-order valence-electron chi connectivity index (χ3n) is 3.30. The fraction of sp³-hybridized carbons (Fsp3) is 0.615. The summed E-state index contributed by atoms with van der Waals surface area (Å²) in [5.41, 5.74) is 0. The van der Waals surface area contributed by atoms with Gasteiger partial charge in [0.15, 0.2) is 12.4 Å². The van der Waals surface area contributed by atoms with E-state index in [0.717, 1.165) is 18.0 Å². The van der Waals surface area contributed by atoms with Gasteiger partial charge in [-0.05, 0) is 13.8 Å². The quantitative estimate of drug-likeness (QED) is 0.765. The van der Waals surface area contributed by atoms with Crippen molar-refractivity contribution in [3.8, 4) is 0 Å². The first kappa shape index (κ1) is 15.3. The number of quaternary nitrogens is 1. The zero-order valence-electron chi connectivity index (χ0n) is 12.3. The Morgan fingerprint density at radius 1 is 1.48 bits per heavy atom. The molecule has 0 spiro atoms. The normalized spacial score (nSPS) is 15.8. The van der Waals surface area contributed by atoms with Crippen LogP contribution in [0.25, 0.3) is 0 Å². The Morgan fingerprint density at radius 3 is 2.76 bits per heavy atom. The Labute approximate surface area is 123 Å². The van der Waals surface area contributed by atoms with Crippen LogP contribution in [0.3, 0.4) is 0 Å². The van der Waals surface area contributed by atoms with Crippen molar-refractivity contribution in [3.05, 3.63) is 11.8 Å². The maximum Gasteiger partial charge on any atom is 0.410 e.